The number of ether oxygens (including phenoxy) is 2. The summed E-state index contributed by atoms with van der Waals surface area (Å²) < 4.78 is 11.0. The number of rotatable bonds is 6. The standard InChI is InChI=1S/C12H18N4O4/c1-15(8-4-5-8)10(17)6-16-9(7-19-2)11(13-14-16)12(18)20-3/h8H,4-7H2,1-3H3. The van der Waals surface area contributed by atoms with Crippen molar-refractivity contribution in [2.24, 2.45) is 0 Å². The van der Waals surface area contributed by atoms with Crippen molar-refractivity contribution >= 4 is 11.9 Å². The highest BCUT2D eigenvalue weighted by molar-refractivity contribution is 5.88. The minimum absolute atomic E-state index is 0.0374. The summed E-state index contributed by atoms with van der Waals surface area (Å²) in [5.74, 6) is -0.655. The average Bonchev–Trinajstić information content (AvgIpc) is 3.22. The second-order valence-corrected chi connectivity index (χ2v) is 4.70. The van der Waals surface area contributed by atoms with Gasteiger partial charge in [0.1, 0.15) is 6.54 Å². The highest BCUT2D eigenvalue weighted by Gasteiger charge is 2.30. The Morgan fingerprint density at radius 2 is 2.10 bits per heavy atom. The monoisotopic (exact) mass is 282 g/mol. The first kappa shape index (κ1) is 14.4. The molecule has 1 aromatic heterocycles. The van der Waals surface area contributed by atoms with Gasteiger partial charge in [-0.3, -0.25) is 4.79 Å². The Hall–Kier alpha value is -1.96. The molecular weight excluding hydrogens is 264 g/mol. The van der Waals surface area contributed by atoms with Crippen LogP contribution in [0.1, 0.15) is 29.0 Å². The number of hydrogen-bond donors (Lipinski definition) is 0. The van der Waals surface area contributed by atoms with E-state index in [2.05, 4.69) is 15.0 Å². The van der Waals surface area contributed by atoms with Crippen LogP contribution in [0.3, 0.4) is 0 Å². The van der Waals surface area contributed by atoms with Crippen LogP contribution in [-0.4, -0.2) is 59.1 Å². The normalized spacial score (nSPS) is 14.2. The van der Waals surface area contributed by atoms with Gasteiger partial charge in [-0.15, -0.1) is 5.10 Å². The lowest BCUT2D eigenvalue weighted by Crippen LogP contribution is -2.32. The third kappa shape index (κ3) is 2.96. The number of esters is 1. The van der Waals surface area contributed by atoms with Gasteiger partial charge in [0, 0.05) is 20.2 Å². The van der Waals surface area contributed by atoms with E-state index < -0.39 is 5.97 Å². The van der Waals surface area contributed by atoms with Crippen molar-refractivity contribution < 1.29 is 19.1 Å². The first-order valence-corrected chi connectivity index (χ1v) is 6.33. The number of nitrogens with zero attached hydrogens (tertiary/aromatic N) is 4. The molecule has 1 amide bonds. The lowest BCUT2D eigenvalue weighted by molar-refractivity contribution is -0.131. The van der Waals surface area contributed by atoms with Gasteiger partial charge in [0.05, 0.1) is 19.4 Å². The van der Waals surface area contributed by atoms with Crippen LogP contribution in [0.4, 0.5) is 0 Å². The first-order valence-electron chi connectivity index (χ1n) is 6.33. The van der Waals surface area contributed by atoms with E-state index in [1.54, 1.807) is 11.9 Å². The Kier molecular flexibility index (Phi) is 4.33. The van der Waals surface area contributed by atoms with Gasteiger partial charge in [-0.25, -0.2) is 9.48 Å². The molecule has 0 aromatic carbocycles. The molecule has 0 aliphatic heterocycles. The highest BCUT2D eigenvalue weighted by atomic mass is 16.5. The molecule has 1 aliphatic carbocycles. The van der Waals surface area contributed by atoms with Crippen molar-refractivity contribution in [2.75, 3.05) is 21.3 Å². The zero-order chi connectivity index (χ0) is 14.7. The van der Waals surface area contributed by atoms with E-state index in [4.69, 9.17) is 4.74 Å². The number of aromatic nitrogens is 3. The van der Waals surface area contributed by atoms with Gasteiger partial charge in [-0.2, -0.15) is 0 Å². The van der Waals surface area contributed by atoms with Crippen LogP contribution in [0.5, 0.6) is 0 Å². The van der Waals surface area contributed by atoms with Gasteiger partial charge in [0.15, 0.2) is 5.69 Å². The Labute approximate surface area is 116 Å². The summed E-state index contributed by atoms with van der Waals surface area (Å²) >= 11 is 0. The van der Waals surface area contributed by atoms with Crippen LogP contribution in [0.25, 0.3) is 0 Å². The fourth-order valence-electron chi connectivity index (χ4n) is 1.90. The Morgan fingerprint density at radius 3 is 2.65 bits per heavy atom. The minimum atomic E-state index is -0.591. The topological polar surface area (TPSA) is 86.5 Å². The number of amides is 1. The zero-order valence-corrected chi connectivity index (χ0v) is 11.8. The molecule has 1 heterocycles. The fraction of sp³-hybridized carbons (Fsp3) is 0.667. The van der Waals surface area contributed by atoms with Crippen LogP contribution in [0.15, 0.2) is 0 Å². The quantitative estimate of drug-likeness (QED) is 0.673. The van der Waals surface area contributed by atoms with Gasteiger partial charge in [-0.05, 0) is 12.8 Å². The Balaban J connectivity index is 2.15. The van der Waals surface area contributed by atoms with Gasteiger partial charge in [-0.1, -0.05) is 5.21 Å². The molecule has 0 radical (unpaired) electrons. The molecule has 0 unspecified atom stereocenters. The Morgan fingerprint density at radius 1 is 1.40 bits per heavy atom. The molecule has 1 aromatic rings. The number of likely N-dealkylation sites (N-methyl/N-ethyl adjacent to an activating group) is 1. The van der Waals surface area contributed by atoms with E-state index >= 15 is 0 Å². The molecule has 0 spiro atoms. The lowest BCUT2D eigenvalue weighted by atomic mass is 10.3. The van der Waals surface area contributed by atoms with Crippen LogP contribution < -0.4 is 0 Å². The van der Waals surface area contributed by atoms with Crippen molar-refractivity contribution in [1.82, 2.24) is 19.9 Å². The van der Waals surface area contributed by atoms with E-state index in [1.165, 1.54) is 18.9 Å². The van der Waals surface area contributed by atoms with E-state index in [-0.39, 0.29) is 24.8 Å². The van der Waals surface area contributed by atoms with E-state index in [1.807, 2.05) is 0 Å². The molecule has 0 N–H and O–H groups in total. The van der Waals surface area contributed by atoms with Crippen molar-refractivity contribution in [3.63, 3.8) is 0 Å². The largest absolute Gasteiger partial charge is 0.464 e. The number of hydrogen-bond acceptors (Lipinski definition) is 6. The van der Waals surface area contributed by atoms with Crippen LogP contribution in [0, 0.1) is 0 Å². The third-order valence-electron chi connectivity index (χ3n) is 3.27. The SMILES string of the molecule is COCc1c(C(=O)OC)nnn1CC(=O)N(C)C1CC1. The summed E-state index contributed by atoms with van der Waals surface area (Å²) in [7, 11) is 4.54. The lowest BCUT2D eigenvalue weighted by Gasteiger charge is -2.16. The predicted molar refractivity (Wildman–Crippen MR) is 67.9 cm³/mol. The van der Waals surface area contributed by atoms with Crippen molar-refractivity contribution in [2.45, 2.75) is 32.0 Å². The number of carbonyl (C=O) groups excluding carboxylic acids is 2. The molecule has 0 atom stereocenters. The van der Waals surface area contributed by atoms with Crippen LogP contribution >= 0.6 is 0 Å². The van der Waals surface area contributed by atoms with Gasteiger partial charge < -0.3 is 14.4 Å². The maximum absolute atomic E-state index is 12.1. The third-order valence-corrected chi connectivity index (χ3v) is 3.27. The van der Waals surface area contributed by atoms with E-state index in [0.29, 0.717) is 11.7 Å². The molecule has 0 bridgehead atoms. The summed E-state index contributed by atoms with van der Waals surface area (Å²) in [6, 6.07) is 0.331. The van der Waals surface area contributed by atoms with E-state index in [0.717, 1.165) is 12.8 Å². The molecule has 2 rings (SSSR count). The van der Waals surface area contributed by atoms with Gasteiger partial charge >= 0.3 is 5.97 Å². The van der Waals surface area contributed by atoms with Crippen molar-refractivity contribution in [1.29, 1.82) is 0 Å². The second-order valence-electron chi connectivity index (χ2n) is 4.70. The summed E-state index contributed by atoms with van der Waals surface area (Å²) in [5.41, 5.74) is 0.521. The summed E-state index contributed by atoms with van der Waals surface area (Å²) in [4.78, 5) is 25.4. The summed E-state index contributed by atoms with van der Waals surface area (Å²) in [6.07, 6.45) is 2.08. The highest BCUT2D eigenvalue weighted by Crippen LogP contribution is 2.25. The molecule has 8 nitrogen and oxygen atoms in total. The molecule has 1 fully saturated rings. The first-order chi connectivity index (χ1) is 9.58. The van der Waals surface area contributed by atoms with Crippen molar-refractivity contribution in [3.8, 4) is 0 Å². The fourth-order valence-corrected chi connectivity index (χ4v) is 1.90. The summed E-state index contributed by atoms with van der Waals surface area (Å²) in [6.45, 7) is 0.174. The number of carbonyl (C=O) groups is 2. The second kappa shape index (κ2) is 6.00. The van der Waals surface area contributed by atoms with Crippen LogP contribution in [-0.2, 0) is 27.4 Å². The smallest absolute Gasteiger partial charge is 0.360 e. The molecule has 20 heavy (non-hydrogen) atoms. The molecule has 1 aliphatic rings. The maximum atomic E-state index is 12.1. The molecular formula is C12H18N4O4. The van der Waals surface area contributed by atoms with Crippen molar-refractivity contribution in [3.05, 3.63) is 11.4 Å². The molecule has 8 heteroatoms. The zero-order valence-electron chi connectivity index (χ0n) is 11.8. The van der Waals surface area contributed by atoms with Gasteiger partial charge in [0.2, 0.25) is 5.91 Å². The minimum Gasteiger partial charge on any atom is -0.464 e. The summed E-state index contributed by atoms with van der Waals surface area (Å²) in [5, 5.41) is 7.61. The predicted octanol–water partition coefficient (Wildman–Crippen LogP) is -0.168. The maximum Gasteiger partial charge on any atom is 0.360 e. The van der Waals surface area contributed by atoms with E-state index in [9.17, 15) is 9.59 Å². The number of methoxy groups -OCH3 is 2. The average molecular weight is 282 g/mol. The van der Waals surface area contributed by atoms with Gasteiger partial charge in [0.25, 0.3) is 0 Å². The molecule has 110 valence electrons. The molecule has 1 saturated carbocycles. The Bertz CT molecular complexity index is 510. The van der Waals surface area contributed by atoms with Crippen LogP contribution in [0.2, 0.25) is 0 Å². The molecule has 0 saturated heterocycles.